The number of aromatic nitrogens is 2. The van der Waals surface area contributed by atoms with Crippen molar-refractivity contribution in [3.8, 4) is 0 Å². The molecular weight excluding hydrogens is 232 g/mol. The second-order valence-electron chi connectivity index (χ2n) is 2.91. The van der Waals surface area contributed by atoms with Gasteiger partial charge in [-0.15, -0.1) is 0 Å². The molecule has 1 aromatic rings. The number of aromatic carboxylic acids is 1. The Morgan fingerprint density at radius 1 is 1.62 bits per heavy atom. The van der Waals surface area contributed by atoms with Crippen LogP contribution in [0.5, 0.6) is 0 Å². The van der Waals surface area contributed by atoms with Gasteiger partial charge in [0.1, 0.15) is 10.6 Å². The van der Waals surface area contributed by atoms with Gasteiger partial charge in [0.25, 0.3) is 0 Å². The van der Waals surface area contributed by atoms with Crippen molar-refractivity contribution in [1.29, 1.82) is 0 Å². The lowest BCUT2D eigenvalue weighted by Crippen LogP contribution is -2.18. The van der Waals surface area contributed by atoms with E-state index in [1.54, 1.807) is 0 Å². The molecule has 1 heterocycles. The highest BCUT2D eigenvalue weighted by Gasteiger charge is 2.16. The quantitative estimate of drug-likeness (QED) is 0.345. The molecule has 0 aliphatic rings. The number of rotatable bonds is 5. The van der Waals surface area contributed by atoms with E-state index in [9.17, 15) is 9.59 Å². The van der Waals surface area contributed by atoms with E-state index in [2.05, 4.69) is 9.97 Å². The van der Waals surface area contributed by atoms with E-state index >= 15 is 0 Å². The molecule has 16 heavy (non-hydrogen) atoms. The number of carbonyl (C=O) groups is 1. The molecule has 0 spiro atoms. The van der Waals surface area contributed by atoms with Crippen molar-refractivity contribution in [1.82, 2.24) is 9.97 Å². The molecule has 2 N–H and O–H groups in total. The largest absolute Gasteiger partial charge is 0.478 e. The third-order valence-electron chi connectivity index (χ3n) is 1.78. The van der Waals surface area contributed by atoms with E-state index in [1.165, 1.54) is 6.92 Å². The smallest absolute Gasteiger partial charge is 0.346 e. The number of ether oxygens (including phenoxy) is 1. The molecule has 0 fully saturated rings. The number of carboxylic acids is 1. The Morgan fingerprint density at radius 2 is 2.31 bits per heavy atom. The summed E-state index contributed by atoms with van der Waals surface area (Å²) in [5.41, 5.74) is -0.239. The summed E-state index contributed by atoms with van der Waals surface area (Å²) in [6.45, 7) is 3.88. The molecule has 0 aromatic carbocycles. The zero-order valence-electron chi connectivity index (χ0n) is 8.94. The summed E-state index contributed by atoms with van der Waals surface area (Å²) < 4.78 is 5.07. The number of hydrogen-bond acceptors (Lipinski definition) is 5. The standard InChI is InChI=1S/C9H12N2O4S/c1-3-15-4-16-7-6(8(12)13)5(2)10-9(14)11-7/h3-4H2,1-2H3,(H,12,13)(H,10,11,14). The zero-order chi connectivity index (χ0) is 12.1. The van der Waals surface area contributed by atoms with Crippen LogP contribution < -0.4 is 5.69 Å². The van der Waals surface area contributed by atoms with Crippen LogP contribution in [0.1, 0.15) is 23.0 Å². The molecule has 0 aliphatic heterocycles. The number of nitrogens with zero attached hydrogens (tertiary/aromatic N) is 1. The van der Waals surface area contributed by atoms with Gasteiger partial charge in [0.15, 0.2) is 0 Å². The van der Waals surface area contributed by atoms with E-state index < -0.39 is 11.7 Å². The number of carboxylic acid groups (broad SMARTS) is 1. The van der Waals surface area contributed by atoms with Gasteiger partial charge in [-0.1, -0.05) is 11.8 Å². The van der Waals surface area contributed by atoms with Crippen molar-refractivity contribution in [2.24, 2.45) is 0 Å². The Kier molecular flexibility index (Phi) is 4.51. The van der Waals surface area contributed by atoms with Gasteiger partial charge >= 0.3 is 11.7 Å². The summed E-state index contributed by atoms with van der Waals surface area (Å²) in [5.74, 6) is -0.840. The molecule has 0 amide bonds. The van der Waals surface area contributed by atoms with Crippen LogP contribution in [0.25, 0.3) is 0 Å². The molecule has 6 nitrogen and oxygen atoms in total. The maximum absolute atomic E-state index is 11.1. The van der Waals surface area contributed by atoms with Crippen molar-refractivity contribution in [2.45, 2.75) is 18.9 Å². The van der Waals surface area contributed by atoms with Gasteiger partial charge in [-0.2, -0.15) is 4.98 Å². The molecule has 7 heteroatoms. The molecular formula is C9H12N2O4S. The average molecular weight is 244 g/mol. The summed E-state index contributed by atoms with van der Waals surface area (Å²) in [7, 11) is 0. The molecule has 0 atom stereocenters. The van der Waals surface area contributed by atoms with Crippen LogP contribution in [0.4, 0.5) is 0 Å². The predicted molar refractivity (Wildman–Crippen MR) is 58.9 cm³/mol. The minimum absolute atomic E-state index is 0.0179. The molecule has 0 saturated carbocycles. The van der Waals surface area contributed by atoms with Gasteiger partial charge in [-0.05, 0) is 13.8 Å². The van der Waals surface area contributed by atoms with E-state index in [1.807, 2.05) is 6.92 Å². The first-order valence-corrected chi connectivity index (χ1v) is 5.59. The second kappa shape index (κ2) is 5.66. The third kappa shape index (κ3) is 3.07. The van der Waals surface area contributed by atoms with Crippen LogP contribution in [0.3, 0.4) is 0 Å². The monoisotopic (exact) mass is 244 g/mol. The fraction of sp³-hybridized carbons (Fsp3) is 0.444. The molecule has 1 rings (SSSR count). The van der Waals surface area contributed by atoms with Gasteiger partial charge in [-0.3, -0.25) is 0 Å². The summed E-state index contributed by atoms with van der Waals surface area (Å²) >= 11 is 1.09. The van der Waals surface area contributed by atoms with Crippen LogP contribution in [-0.4, -0.2) is 33.6 Å². The zero-order valence-corrected chi connectivity index (χ0v) is 9.76. The Morgan fingerprint density at radius 3 is 2.88 bits per heavy atom. The van der Waals surface area contributed by atoms with Crippen LogP contribution in [0.2, 0.25) is 0 Å². The van der Waals surface area contributed by atoms with E-state index in [4.69, 9.17) is 9.84 Å². The maximum atomic E-state index is 11.1. The van der Waals surface area contributed by atoms with E-state index in [0.717, 1.165) is 11.8 Å². The van der Waals surface area contributed by atoms with E-state index in [-0.39, 0.29) is 16.5 Å². The Hall–Kier alpha value is -1.34. The number of aryl methyl sites for hydroxylation is 1. The molecule has 88 valence electrons. The summed E-state index contributed by atoms with van der Waals surface area (Å²) in [5, 5.41) is 9.16. The average Bonchev–Trinajstić information content (AvgIpc) is 2.16. The summed E-state index contributed by atoms with van der Waals surface area (Å²) in [4.78, 5) is 28.0. The maximum Gasteiger partial charge on any atom is 0.346 e. The minimum Gasteiger partial charge on any atom is -0.478 e. The van der Waals surface area contributed by atoms with Crippen LogP contribution in [0.15, 0.2) is 9.82 Å². The van der Waals surface area contributed by atoms with Crippen LogP contribution in [0, 0.1) is 6.92 Å². The van der Waals surface area contributed by atoms with Gasteiger partial charge in [0, 0.05) is 12.3 Å². The highest BCUT2D eigenvalue weighted by molar-refractivity contribution is 7.99. The first-order valence-electron chi connectivity index (χ1n) is 4.61. The lowest BCUT2D eigenvalue weighted by atomic mass is 10.2. The number of H-pyrrole nitrogens is 1. The molecule has 0 bridgehead atoms. The topological polar surface area (TPSA) is 92.3 Å². The SMILES string of the molecule is CCOCSc1nc(=O)[nH]c(C)c1C(=O)O. The summed E-state index contributed by atoms with van der Waals surface area (Å²) in [6.07, 6.45) is 0. The number of thioether (sulfide) groups is 1. The van der Waals surface area contributed by atoms with Gasteiger partial charge in [0.2, 0.25) is 0 Å². The predicted octanol–water partition coefficient (Wildman–Crippen LogP) is 0.863. The first kappa shape index (κ1) is 12.7. The Bertz CT molecular complexity index is 444. The summed E-state index contributed by atoms with van der Waals surface area (Å²) in [6, 6.07) is 0. The number of hydrogen-bond donors (Lipinski definition) is 2. The highest BCUT2D eigenvalue weighted by Crippen LogP contribution is 2.20. The molecule has 0 aliphatic carbocycles. The number of nitrogens with one attached hydrogen (secondary N) is 1. The first-order chi connectivity index (χ1) is 7.56. The van der Waals surface area contributed by atoms with Crippen molar-refractivity contribution < 1.29 is 14.6 Å². The fourth-order valence-corrected chi connectivity index (χ4v) is 1.99. The van der Waals surface area contributed by atoms with Crippen molar-refractivity contribution >= 4 is 17.7 Å². The lowest BCUT2D eigenvalue weighted by molar-refractivity contribution is 0.0690. The Balaban J connectivity index is 3.04. The van der Waals surface area contributed by atoms with E-state index in [0.29, 0.717) is 12.3 Å². The minimum atomic E-state index is -1.11. The molecule has 0 radical (unpaired) electrons. The lowest BCUT2D eigenvalue weighted by Gasteiger charge is -2.06. The van der Waals surface area contributed by atoms with Crippen LogP contribution in [-0.2, 0) is 4.74 Å². The third-order valence-corrected chi connectivity index (χ3v) is 2.64. The fourth-order valence-electron chi connectivity index (χ4n) is 1.10. The molecule has 0 saturated heterocycles. The van der Waals surface area contributed by atoms with Crippen molar-refractivity contribution in [3.05, 3.63) is 21.7 Å². The van der Waals surface area contributed by atoms with Gasteiger partial charge in [-0.25, -0.2) is 9.59 Å². The second-order valence-corrected chi connectivity index (χ2v) is 3.82. The van der Waals surface area contributed by atoms with Crippen LogP contribution >= 0.6 is 11.8 Å². The van der Waals surface area contributed by atoms with Gasteiger partial charge in [0.05, 0.1) is 5.94 Å². The highest BCUT2D eigenvalue weighted by atomic mass is 32.2. The van der Waals surface area contributed by atoms with Gasteiger partial charge < -0.3 is 14.8 Å². The molecule has 0 unspecified atom stereocenters. The molecule has 1 aromatic heterocycles. The number of aromatic amines is 1. The Labute approximate surface area is 96.0 Å². The van der Waals surface area contributed by atoms with Crippen molar-refractivity contribution in [3.63, 3.8) is 0 Å². The van der Waals surface area contributed by atoms with Crippen molar-refractivity contribution in [2.75, 3.05) is 12.5 Å². The normalized spacial score (nSPS) is 10.4.